The zero-order chi connectivity index (χ0) is 16.6. The predicted octanol–water partition coefficient (Wildman–Crippen LogP) is 2.27. The Kier molecular flexibility index (Phi) is 3.63. The lowest BCUT2D eigenvalue weighted by Crippen LogP contribution is -2.28. The van der Waals surface area contributed by atoms with Crippen molar-refractivity contribution in [3.05, 3.63) is 53.1 Å². The summed E-state index contributed by atoms with van der Waals surface area (Å²) in [7, 11) is 0. The van der Waals surface area contributed by atoms with E-state index in [4.69, 9.17) is 0 Å². The average Bonchev–Trinajstić information content (AvgIpc) is 2.99. The number of fused-ring (bicyclic) bond motifs is 1. The summed E-state index contributed by atoms with van der Waals surface area (Å²) >= 11 is 0. The van der Waals surface area contributed by atoms with Crippen LogP contribution in [0.25, 0.3) is 10.9 Å². The molecule has 0 saturated heterocycles. The topological polar surface area (TPSA) is 65.6 Å². The molecule has 1 aromatic carbocycles. The molecule has 0 N–H and O–H groups in total. The molecule has 6 nitrogen and oxygen atoms in total. The maximum absolute atomic E-state index is 13.1. The fourth-order valence-electron chi connectivity index (χ4n) is 2.41. The second kappa shape index (κ2) is 5.49. The van der Waals surface area contributed by atoms with E-state index in [0.29, 0.717) is 6.54 Å². The van der Waals surface area contributed by atoms with Crippen LogP contribution < -0.4 is 5.56 Å². The van der Waals surface area contributed by atoms with Gasteiger partial charge in [-0.15, -0.1) is 0 Å². The first-order valence-electron chi connectivity index (χ1n) is 6.77. The van der Waals surface area contributed by atoms with Gasteiger partial charge in [-0.25, -0.2) is 9.97 Å². The van der Waals surface area contributed by atoms with Crippen LogP contribution in [-0.4, -0.2) is 24.3 Å². The Balaban J connectivity index is 2.13. The molecule has 0 saturated carbocycles. The molecule has 9 heteroatoms. The van der Waals surface area contributed by atoms with Gasteiger partial charge in [0.05, 0.1) is 35.4 Å². The van der Waals surface area contributed by atoms with Gasteiger partial charge in [0.1, 0.15) is 12.7 Å². The third-order valence-corrected chi connectivity index (χ3v) is 3.51. The van der Waals surface area contributed by atoms with Crippen molar-refractivity contribution >= 4 is 10.9 Å². The highest BCUT2D eigenvalue weighted by atomic mass is 19.4. The maximum Gasteiger partial charge on any atom is 0.417 e. The van der Waals surface area contributed by atoms with Gasteiger partial charge in [-0.3, -0.25) is 14.0 Å². The van der Waals surface area contributed by atoms with Crippen LogP contribution in [-0.2, 0) is 12.7 Å². The van der Waals surface area contributed by atoms with Crippen molar-refractivity contribution in [2.45, 2.75) is 25.7 Å². The van der Waals surface area contributed by atoms with Gasteiger partial charge in [0.15, 0.2) is 0 Å². The molecule has 2 aromatic heterocycles. The largest absolute Gasteiger partial charge is 0.417 e. The number of hydrogen-bond donors (Lipinski definition) is 0. The molecule has 120 valence electrons. The van der Waals surface area contributed by atoms with Crippen LogP contribution in [0.1, 0.15) is 18.5 Å². The number of hydrogen-bond acceptors (Lipinski definition) is 4. The smallest absolute Gasteiger partial charge is 0.294 e. The SMILES string of the molecule is C[C@@H](Cn1cncn1)n1cnc2cccc(C(F)(F)F)c2c1=O. The van der Waals surface area contributed by atoms with E-state index in [2.05, 4.69) is 15.1 Å². The first kappa shape index (κ1) is 15.2. The van der Waals surface area contributed by atoms with Crippen LogP contribution in [0.3, 0.4) is 0 Å². The second-order valence-electron chi connectivity index (χ2n) is 5.12. The molecule has 0 fully saturated rings. The molecule has 0 aliphatic carbocycles. The number of rotatable bonds is 3. The summed E-state index contributed by atoms with van der Waals surface area (Å²) < 4.78 is 42.1. The standard InChI is InChI=1S/C14H12F3N5O/c1-9(5-21-7-18-6-20-21)22-8-19-11-4-2-3-10(14(15,16)17)12(11)13(22)23/h2-4,6-9H,5H2,1H3/t9-/m0/s1. The Morgan fingerprint density at radius 3 is 2.70 bits per heavy atom. The summed E-state index contributed by atoms with van der Waals surface area (Å²) in [5, 5.41) is 3.50. The molecule has 0 unspecified atom stereocenters. The van der Waals surface area contributed by atoms with E-state index in [0.717, 1.165) is 6.07 Å². The summed E-state index contributed by atoms with van der Waals surface area (Å²) in [6.45, 7) is 1.99. The average molecular weight is 323 g/mol. The summed E-state index contributed by atoms with van der Waals surface area (Å²) in [4.78, 5) is 20.3. The molecule has 0 aliphatic heterocycles. The van der Waals surface area contributed by atoms with Gasteiger partial charge < -0.3 is 0 Å². The summed E-state index contributed by atoms with van der Waals surface area (Å²) in [6, 6.07) is 3.08. The first-order chi connectivity index (χ1) is 10.9. The maximum atomic E-state index is 13.1. The minimum atomic E-state index is -4.62. The highest BCUT2D eigenvalue weighted by Gasteiger charge is 2.34. The zero-order valence-corrected chi connectivity index (χ0v) is 12.0. The van der Waals surface area contributed by atoms with Gasteiger partial charge in [-0.1, -0.05) is 6.07 Å². The molecular weight excluding hydrogens is 311 g/mol. The molecule has 0 amide bonds. The third-order valence-electron chi connectivity index (χ3n) is 3.51. The van der Waals surface area contributed by atoms with Gasteiger partial charge in [-0.2, -0.15) is 18.3 Å². The lowest BCUT2D eigenvalue weighted by molar-refractivity contribution is -0.136. The number of aromatic nitrogens is 5. The number of benzene rings is 1. The molecule has 0 bridgehead atoms. The second-order valence-corrected chi connectivity index (χ2v) is 5.12. The van der Waals surface area contributed by atoms with E-state index in [1.54, 1.807) is 6.92 Å². The van der Waals surface area contributed by atoms with Gasteiger partial charge in [0, 0.05) is 0 Å². The molecular formula is C14H12F3N5O. The van der Waals surface area contributed by atoms with E-state index >= 15 is 0 Å². The Morgan fingerprint density at radius 1 is 1.26 bits per heavy atom. The molecule has 2 heterocycles. The van der Waals surface area contributed by atoms with Crippen molar-refractivity contribution in [2.75, 3.05) is 0 Å². The lowest BCUT2D eigenvalue weighted by atomic mass is 10.1. The quantitative estimate of drug-likeness (QED) is 0.742. The minimum absolute atomic E-state index is 0.0223. The van der Waals surface area contributed by atoms with Crippen LogP contribution in [0.15, 0.2) is 42.0 Å². The van der Waals surface area contributed by atoms with E-state index < -0.39 is 28.7 Å². The van der Waals surface area contributed by atoms with E-state index in [1.807, 2.05) is 0 Å². The highest BCUT2D eigenvalue weighted by molar-refractivity contribution is 5.81. The van der Waals surface area contributed by atoms with Crippen molar-refractivity contribution in [1.29, 1.82) is 0 Å². The number of halogens is 3. The molecule has 0 radical (unpaired) electrons. The monoisotopic (exact) mass is 323 g/mol. The number of nitrogens with zero attached hydrogens (tertiary/aromatic N) is 5. The van der Waals surface area contributed by atoms with Crippen molar-refractivity contribution in [2.24, 2.45) is 0 Å². The van der Waals surface area contributed by atoms with Gasteiger partial charge >= 0.3 is 6.18 Å². The van der Waals surface area contributed by atoms with Crippen LogP contribution in [0.2, 0.25) is 0 Å². The van der Waals surface area contributed by atoms with Crippen LogP contribution in [0.4, 0.5) is 13.2 Å². The minimum Gasteiger partial charge on any atom is -0.294 e. The predicted molar refractivity (Wildman–Crippen MR) is 75.7 cm³/mol. The van der Waals surface area contributed by atoms with Gasteiger partial charge in [0.25, 0.3) is 5.56 Å². The van der Waals surface area contributed by atoms with Crippen molar-refractivity contribution in [3.8, 4) is 0 Å². The number of alkyl halides is 3. The van der Waals surface area contributed by atoms with Crippen LogP contribution in [0.5, 0.6) is 0 Å². The summed E-state index contributed by atoms with van der Waals surface area (Å²) in [5.74, 6) is 0. The molecule has 0 aliphatic rings. The summed E-state index contributed by atoms with van der Waals surface area (Å²) in [5.41, 5.74) is -1.68. The zero-order valence-electron chi connectivity index (χ0n) is 12.0. The van der Waals surface area contributed by atoms with Crippen molar-refractivity contribution in [1.82, 2.24) is 24.3 Å². The summed E-state index contributed by atoms with van der Waals surface area (Å²) in [6.07, 6.45) is -0.547. The Bertz CT molecular complexity index is 886. The van der Waals surface area contributed by atoms with Gasteiger partial charge in [-0.05, 0) is 19.1 Å². The Hall–Kier alpha value is -2.71. The van der Waals surface area contributed by atoms with E-state index in [-0.39, 0.29) is 5.52 Å². The fraction of sp³-hybridized carbons (Fsp3) is 0.286. The third kappa shape index (κ3) is 2.81. The Morgan fingerprint density at radius 2 is 2.04 bits per heavy atom. The molecule has 3 rings (SSSR count). The highest BCUT2D eigenvalue weighted by Crippen LogP contribution is 2.32. The van der Waals surface area contributed by atoms with Crippen molar-refractivity contribution < 1.29 is 13.2 Å². The normalized spacial score (nSPS) is 13.4. The lowest BCUT2D eigenvalue weighted by Gasteiger charge is -2.16. The van der Waals surface area contributed by atoms with Gasteiger partial charge in [0.2, 0.25) is 0 Å². The molecule has 1 atom stereocenters. The first-order valence-corrected chi connectivity index (χ1v) is 6.77. The van der Waals surface area contributed by atoms with E-state index in [1.165, 1.54) is 40.4 Å². The van der Waals surface area contributed by atoms with E-state index in [9.17, 15) is 18.0 Å². The fourth-order valence-corrected chi connectivity index (χ4v) is 2.41. The molecule has 23 heavy (non-hydrogen) atoms. The molecule has 3 aromatic rings. The Labute approximate surface area is 128 Å². The molecule has 0 spiro atoms. The van der Waals surface area contributed by atoms with Crippen LogP contribution in [0, 0.1) is 0 Å². The van der Waals surface area contributed by atoms with Crippen molar-refractivity contribution in [3.63, 3.8) is 0 Å². The van der Waals surface area contributed by atoms with Crippen LogP contribution >= 0.6 is 0 Å².